The van der Waals surface area contributed by atoms with Crippen LogP contribution < -0.4 is 5.32 Å². The van der Waals surface area contributed by atoms with Crippen LogP contribution in [0, 0.1) is 11.3 Å². The summed E-state index contributed by atoms with van der Waals surface area (Å²) >= 11 is 1.37. The number of aliphatic hydroxyl groups excluding tert-OH is 1. The second-order valence-corrected chi connectivity index (χ2v) is 6.88. The highest BCUT2D eigenvalue weighted by atomic mass is 32.1. The van der Waals surface area contributed by atoms with E-state index in [0.717, 1.165) is 26.1 Å². The van der Waals surface area contributed by atoms with E-state index in [1.54, 1.807) is 18.4 Å². The van der Waals surface area contributed by atoms with E-state index in [1.165, 1.54) is 11.3 Å². The van der Waals surface area contributed by atoms with E-state index >= 15 is 0 Å². The summed E-state index contributed by atoms with van der Waals surface area (Å²) < 4.78 is 0. The van der Waals surface area contributed by atoms with E-state index in [1.807, 2.05) is 0 Å². The molecule has 0 bridgehead atoms. The maximum absolute atomic E-state index is 12.2. The van der Waals surface area contributed by atoms with Crippen LogP contribution in [0.4, 0.5) is 5.00 Å². The molecule has 6 nitrogen and oxygen atoms in total. The molecule has 1 amide bonds. The van der Waals surface area contributed by atoms with Gasteiger partial charge in [0.2, 0.25) is 5.91 Å². The zero-order valence-corrected chi connectivity index (χ0v) is 14.5. The number of amides is 1. The first kappa shape index (κ1) is 17.9. The summed E-state index contributed by atoms with van der Waals surface area (Å²) in [6.45, 7) is 7.45. The van der Waals surface area contributed by atoms with Crippen LogP contribution in [0.5, 0.6) is 0 Å². The molecule has 1 fully saturated rings. The Morgan fingerprint density at radius 2 is 2.39 bits per heavy atom. The molecular weight excluding hydrogens is 312 g/mol. The number of aliphatic hydroxyl groups is 1. The molecule has 0 radical (unpaired) electrons. The highest BCUT2D eigenvalue weighted by molar-refractivity contribution is 7.14. The second-order valence-electron chi connectivity index (χ2n) is 5.96. The van der Waals surface area contributed by atoms with Crippen LogP contribution in [-0.4, -0.2) is 65.7 Å². The third-order valence-electron chi connectivity index (χ3n) is 4.06. The van der Waals surface area contributed by atoms with Crippen molar-refractivity contribution in [3.8, 4) is 6.07 Å². The van der Waals surface area contributed by atoms with Gasteiger partial charge in [0.25, 0.3) is 0 Å². The van der Waals surface area contributed by atoms with Gasteiger partial charge in [-0.1, -0.05) is 6.92 Å². The second kappa shape index (κ2) is 8.41. The van der Waals surface area contributed by atoms with E-state index in [2.05, 4.69) is 28.1 Å². The smallest absolute Gasteiger partial charge is 0.239 e. The van der Waals surface area contributed by atoms with Gasteiger partial charge in [-0.3, -0.25) is 14.6 Å². The summed E-state index contributed by atoms with van der Waals surface area (Å²) in [5, 5.41) is 23.8. The molecule has 2 unspecified atom stereocenters. The van der Waals surface area contributed by atoms with Crippen molar-refractivity contribution in [1.29, 1.82) is 5.26 Å². The Morgan fingerprint density at radius 1 is 1.61 bits per heavy atom. The van der Waals surface area contributed by atoms with Gasteiger partial charge in [0.05, 0.1) is 18.2 Å². The maximum atomic E-state index is 12.2. The summed E-state index contributed by atoms with van der Waals surface area (Å²) in [4.78, 5) is 16.6. The minimum Gasteiger partial charge on any atom is -0.392 e. The van der Waals surface area contributed by atoms with Crippen LogP contribution in [0.2, 0.25) is 0 Å². The Morgan fingerprint density at radius 3 is 3.04 bits per heavy atom. The van der Waals surface area contributed by atoms with E-state index in [0.29, 0.717) is 29.7 Å². The molecule has 1 aliphatic heterocycles. The Balaban J connectivity index is 1.86. The van der Waals surface area contributed by atoms with Gasteiger partial charge in [-0.25, -0.2) is 0 Å². The molecule has 1 aromatic rings. The van der Waals surface area contributed by atoms with Gasteiger partial charge in [-0.2, -0.15) is 5.26 Å². The molecule has 2 rings (SSSR count). The molecule has 0 aromatic carbocycles. The fourth-order valence-corrected chi connectivity index (χ4v) is 3.68. The quantitative estimate of drug-likeness (QED) is 0.819. The molecule has 126 valence electrons. The predicted octanol–water partition coefficient (Wildman–Crippen LogP) is 1.34. The highest BCUT2D eigenvalue weighted by Gasteiger charge is 2.27. The zero-order chi connectivity index (χ0) is 16.8. The number of nitriles is 1. The van der Waals surface area contributed by atoms with Gasteiger partial charge < -0.3 is 10.4 Å². The molecule has 1 saturated heterocycles. The van der Waals surface area contributed by atoms with Crippen LogP contribution in [0.1, 0.15) is 25.8 Å². The van der Waals surface area contributed by atoms with E-state index in [-0.39, 0.29) is 12.0 Å². The number of carbonyl (C=O) groups excluding carboxylic acids is 1. The topological polar surface area (TPSA) is 79.6 Å². The van der Waals surface area contributed by atoms with Crippen molar-refractivity contribution in [3.05, 3.63) is 17.0 Å². The Kier molecular flexibility index (Phi) is 6.54. The number of hydrogen-bond donors (Lipinski definition) is 2. The molecular formula is C16H24N4O2S. The Bertz CT molecular complexity index is 567. The van der Waals surface area contributed by atoms with Gasteiger partial charge in [0, 0.05) is 32.2 Å². The summed E-state index contributed by atoms with van der Waals surface area (Å²) in [6, 6.07) is 4.15. The first-order chi connectivity index (χ1) is 11.0. The lowest BCUT2D eigenvalue weighted by molar-refractivity contribution is -0.118. The van der Waals surface area contributed by atoms with Crippen molar-refractivity contribution in [2.75, 3.05) is 38.0 Å². The Hall–Kier alpha value is -1.46. The van der Waals surface area contributed by atoms with Crippen molar-refractivity contribution in [1.82, 2.24) is 9.80 Å². The lowest BCUT2D eigenvalue weighted by atomic mass is 10.1. The van der Waals surface area contributed by atoms with E-state index in [4.69, 9.17) is 5.26 Å². The maximum Gasteiger partial charge on any atom is 0.239 e. The standard InChI is InChI=1S/C16H24N4O2S/c1-3-14-10-19(5-6-20(14)9-12(2)21)11-15(22)18-16-13(8-17)4-7-23-16/h4,7,12,14,21H,3,5-6,9-11H2,1-2H3,(H,18,22). The fraction of sp³-hybridized carbons (Fsp3) is 0.625. The third-order valence-corrected chi connectivity index (χ3v) is 4.89. The average Bonchev–Trinajstić information content (AvgIpc) is 2.95. The van der Waals surface area contributed by atoms with Gasteiger partial charge in [-0.15, -0.1) is 11.3 Å². The minimum atomic E-state index is -0.331. The molecule has 2 N–H and O–H groups in total. The summed E-state index contributed by atoms with van der Waals surface area (Å²) in [6.07, 6.45) is 0.663. The Labute approximate surface area is 141 Å². The lowest BCUT2D eigenvalue weighted by Crippen LogP contribution is -2.55. The average molecular weight is 336 g/mol. The number of thiophene rings is 1. The first-order valence-corrected chi connectivity index (χ1v) is 8.83. The largest absolute Gasteiger partial charge is 0.392 e. The fourth-order valence-electron chi connectivity index (χ4n) is 2.93. The molecule has 1 aliphatic rings. The number of hydrogen-bond acceptors (Lipinski definition) is 6. The normalized spacial score (nSPS) is 20.9. The molecule has 0 saturated carbocycles. The first-order valence-electron chi connectivity index (χ1n) is 7.95. The summed E-state index contributed by atoms with van der Waals surface area (Å²) in [7, 11) is 0. The van der Waals surface area contributed by atoms with E-state index < -0.39 is 0 Å². The molecule has 1 aromatic heterocycles. The monoisotopic (exact) mass is 336 g/mol. The van der Waals surface area contributed by atoms with Crippen LogP contribution in [0.25, 0.3) is 0 Å². The van der Waals surface area contributed by atoms with Gasteiger partial charge in [0.1, 0.15) is 11.1 Å². The van der Waals surface area contributed by atoms with Crippen molar-refractivity contribution < 1.29 is 9.90 Å². The van der Waals surface area contributed by atoms with Crippen molar-refractivity contribution in [2.45, 2.75) is 32.4 Å². The number of rotatable bonds is 6. The van der Waals surface area contributed by atoms with Gasteiger partial charge in [-0.05, 0) is 24.8 Å². The number of piperazine rings is 1. The SMILES string of the molecule is CCC1CN(CC(=O)Nc2sccc2C#N)CCN1CC(C)O. The number of nitrogens with one attached hydrogen (secondary N) is 1. The van der Waals surface area contributed by atoms with Crippen LogP contribution in [0.3, 0.4) is 0 Å². The molecule has 7 heteroatoms. The van der Waals surface area contributed by atoms with Gasteiger partial charge in [0.15, 0.2) is 0 Å². The summed E-state index contributed by atoms with van der Waals surface area (Å²) in [5.41, 5.74) is 0.511. The van der Waals surface area contributed by atoms with Crippen molar-refractivity contribution >= 4 is 22.2 Å². The van der Waals surface area contributed by atoms with Crippen molar-refractivity contribution in [2.24, 2.45) is 0 Å². The third kappa shape index (κ3) is 5.01. The number of β-amino-alcohol motifs (C(OH)–C–C–N with tert-alkyl or cyclic N) is 1. The van der Waals surface area contributed by atoms with E-state index in [9.17, 15) is 9.90 Å². The molecule has 23 heavy (non-hydrogen) atoms. The van der Waals surface area contributed by atoms with Crippen LogP contribution in [-0.2, 0) is 4.79 Å². The van der Waals surface area contributed by atoms with Crippen LogP contribution >= 0.6 is 11.3 Å². The van der Waals surface area contributed by atoms with Crippen LogP contribution in [0.15, 0.2) is 11.4 Å². The highest BCUT2D eigenvalue weighted by Crippen LogP contribution is 2.22. The number of carbonyl (C=O) groups is 1. The number of anilines is 1. The predicted molar refractivity (Wildman–Crippen MR) is 91.4 cm³/mol. The molecule has 0 aliphatic carbocycles. The van der Waals surface area contributed by atoms with Crippen molar-refractivity contribution in [3.63, 3.8) is 0 Å². The molecule has 0 spiro atoms. The summed E-state index contributed by atoms with van der Waals surface area (Å²) in [5.74, 6) is -0.0808. The number of nitrogens with zero attached hydrogens (tertiary/aromatic N) is 3. The minimum absolute atomic E-state index is 0.0808. The zero-order valence-electron chi connectivity index (χ0n) is 13.7. The molecule has 2 heterocycles. The molecule has 2 atom stereocenters. The van der Waals surface area contributed by atoms with Gasteiger partial charge >= 0.3 is 0 Å². The lowest BCUT2D eigenvalue weighted by Gasteiger charge is -2.41.